The molecule has 0 aliphatic rings. The summed E-state index contributed by atoms with van der Waals surface area (Å²) in [6.45, 7) is 7.62. The number of hydrogen-bond acceptors (Lipinski definition) is 2. The predicted molar refractivity (Wildman–Crippen MR) is 77.7 cm³/mol. The standard InChI is InChI=1S/C14H32O2Si/c1-5-8-11-12-16-17(15-4,13-9-6-2)14-10-7-3/h5-14H2,1-4H3. The second-order valence-electron chi connectivity index (χ2n) is 4.88. The zero-order valence-corrected chi connectivity index (χ0v) is 13.4. The molecule has 17 heavy (non-hydrogen) atoms. The lowest BCUT2D eigenvalue weighted by Crippen LogP contribution is -2.41. The first-order chi connectivity index (χ1) is 8.24. The molecule has 0 saturated carbocycles. The summed E-state index contributed by atoms with van der Waals surface area (Å²) >= 11 is 0. The maximum atomic E-state index is 6.20. The van der Waals surface area contributed by atoms with Crippen LogP contribution in [0.25, 0.3) is 0 Å². The van der Waals surface area contributed by atoms with Gasteiger partial charge in [0.05, 0.1) is 0 Å². The van der Waals surface area contributed by atoms with Gasteiger partial charge in [0, 0.05) is 13.7 Å². The Kier molecular flexibility index (Phi) is 11.3. The number of hydrogen-bond donors (Lipinski definition) is 0. The van der Waals surface area contributed by atoms with Gasteiger partial charge in [-0.1, -0.05) is 59.3 Å². The van der Waals surface area contributed by atoms with E-state index in [0.29, 0.717) is 0 Å². The summed E-state index contributed by atoms with van der Waals surface area (Å²) < 4.78 is 12.0. The lowest BCUT2D eigenvalue weighted by atomic mass is 10.3. The minimum absolute atomic E-state index is 0.904. The molecule has 0 aliphatic carbocycles. The molecule has 0 unspecified atom stereocenters. The molecular weight excluding hydrogens is 228 g/mol. The highest BCUT2D eigenvalue weighted by molar-refractivity contribution is 6.67. The Bertz CT molecular complexity index is 154. The molecule has 0 amide bonds. The van der Waals surface area contributed by atoms with Gasteiger partial charge in [-0.15, -0.1) is 0 Å². The smallest absolute Gasteiger partial charge is 0.337 e. The van der Waals surface area contributed by atoms with Crippen LogP contribution in [0.15, 0.2) is 0 Å². The fourth-order valence-electron chi connectivity index (χ4n) is 2.03. The summed E-state index contributed by atoms with van der Waals surface area (Å²) in [4.78, 5) is 0. The van der Waals surface area contributed by atoms with Crippen LogP contribution >= 0.6 is 0 Å². The molecule has 0 radical (unpaired) electrons. The zero-order chi connectivity index (χ0) is 13.0. The lowest BCUT2D eigenvalue weighted by Gasteiger charge is -2.29. The van der Waals surface area contributed by atoms with E-state index < -0.39 is 8.56 Å². The molecule has 0 saturated heterocycles. The fourth-order valence-corrected chi connectivity index (χ4v) is 5.40. The highest BCUT2D eigenvalue weighted by atomic mass is 28.4. The minimum atomic E-state index is -1.86. The highest BCUT2D eigenvalue weighted by Crippen LogP contribution is 2.24. The normalized spacial score (nSPS) is 12.0. The molecule has 0 N–H and O–H groups in total. The van der Waals surface area contributed by atoms with E-state index in [1.165, 1.54) is 57.0 Å². The summed E-state index contributed by atoms with van der Waals surface area (Å²) in [7, 11) is -0.00293. The Morgan fingerprint density at radius 2 is 1.29 bits per heavy atom. The molecule has 0 spiro atoms. The summed E-state index contributed by atoms with van der Waals surface area (Å²) in [5.74, 6) is 0. The van der Waals surface area contributed by atoms with Gasteiger partial charge in [-0.2, -0.15) is 0 Å². The Morgan fingerprint density at radius 3 is 1.71 bits per heavy atom. The number of unbranched alkanes of at least 4 members (excludes halogenated alkanes) is 4. The van der Waals surface area contributed by atoms with Gasteiger partial charge in [-0.3, -0.25) is 0 Å². The van der Waals surface area contributed by atoms with Crippen molar-refractivity contribution < 1.29 is 8.85 Å². The van der Waals surface area contributed by atoms with Crippen LogP contribution in [0.3, 0.4) is 0 Å². The van der Waals surface area contributed by atoms with Crippen LogP contribution in [-0.4, -0.2) is 22.3 Å². The van der Waals surface area contributed by atoms with E-state index in [0.717, 1.165) is 6.61 Å². The fraction of sp³-hybridized carbons (Fsp3) is 1.00. The first kappa shape index (κ1) is 17.1. The van der Waals surface area contributed by atoms with Crippen LogP contribution in [0, 0.1) is 0 Å². The monoisotopic (exact) mass is 260 g/mol. The van der Waals surface area contributed by atoms with Crippen molar-refractivity contribution in [2.75, 3.05) is 13.7 Å². The van der Waals surface area contributed by atoms with Gasteiger partial charge in [0.15, 0.2) is 0 Å². The van der Waals surface area contributed by atoms with Gasteiger partial charge >= 0.3 is 8.56 Å². The van der Waals surface area contributed by atoms with Crippen molar-refractivity contribution in [2.24, 2.45) is 0 Å². The van der Waals surface area contributed by atoms with Crippen molar-refractivity contribution >= 4 is 8.56 Å². The van der Waals surface area contributed by atoms with Gasteiger partial charge in [-0.25, -0.2) is 0 Å². The van der Waals surface area contributed by atoms with E-state index in [1.54, 1.807) is 0 Å². The van der Waals surface area contributed by atoms with E-state index in [-0.39, 0.29) is 0 Å². The topological polar surface area (TPSA) is 18.5 Å². The molecule has 0 atom stereocenters. The third kappa shape index (κ3) is 7.95. The second-order valence-corrected chi connectivity index (χ2v) is 8.40. The third-order valence-corrected chi connectivity index (χ3v) is 7.01. The van der Waals surface area contributed by atoms with Crippen molar-refractivity contribution in [1.82, 2.24) is 0 Å². The van der Waals surface area contributed by atoms with E-state index in [2.05, 4.69) is 20.8 Å². The molecule has 0 aliphatic heterocycles. The van der Waals surface area contributed by atoms with Crippen LogP contribution in [0.1, 0.15) is 65.7 Å². The van der Waals surface area contributed by atoms with Crippen molar-refractivity contribution in [3.8, 4) is 0 Å². The van der Waals surface area contributed by atoms with E-state index in [9.17, 15) is 0 Å². The van der Waals surface area contributed by atoms with Gasteiger partial charge in [0.1, 0.15) is 0 Å². The first-order valence-electron chi connectivity index (χ1n) is 7.43. The van der Waals surface area contributed by atoms with Crippen LogP contribution in [0.5, 0.6) is 0 Å². The molecule has 0 rings (SSSR count). The third-order valence-electron chi connectivity index (χ3n) is 3.31. The minimum Gasteiger partial charge on any atom is -0.398 e. The van der Waals surface area contributed by atoms with E-state index >= 15 is 0 Å². The number of rotatable bonds is 12. The maximum absolute atomic E-state index is 6.20. The molecule has 0 aromatic carbocycles. The zero-order valence-electron chi connectivity index (χ0n) is 12.4. The first-order valence-corrected chi connectivity index (χ1v) is 9.66. The van der Waals surface area contributed by atoms with Gasteiger partial charge in [0.25, 0.3) is 0 Å². The van der Waals surface area contributed by atoms with E-state index in [1.807, 2.05) is 7.11 Å². The van der Waals surface area contributed by atoms with Crippen molar-refractivity contribution in [3.63, 3.8) is 0 Å². The SMILES string of the molecule is CCCCCO[Si](CCCC)(CCCC)OC. The summed E-state index contributed by atoms with van der Waals surface area (Å²) in [5.41, 5.74) is 0. The molecule has 0 heterocycles. The van der Waals surface area contributed by atoms with Crippen molar-refractivity contribution in [2.45, 2.75) is 77.8 Å². The molecule has 0 aromatic rings. The average Bonchev–Trinajstić information content (AvgIpc) is 2.37. The van der Waals surface area contributed by atoms with Crippen LogP contribution in [0.2, 0.25) is 12.1 Å². The van der Waals surface area contributed by atoms with Crippen LogP contribution in [0.4, 0.5) is 0 Å². The summed E-state index contributed by atoms with van der Waals surface area (Å²) in [6, 6.07) is 2.35. The van der Waals surface area contributed by atoms with Crippen LogP contribution < -0.4 is 0 Å². The van der Waals surface area contributed by atoms with Gasteiger partial charge in [0.2, 0.25) is 0 Å². The average molecular weight is 260 g/mol. The van der Waals surface area contributed by atoms with Crippen molar-refractivity contribution in [1.29, 1.82) is 0 Å². The Labute approximate surface area is 109 Å². The van der Waals surface area contributed by atoms with E-state index in [4.69, 9.17) is 8.85 Å². The van der Waals surface area contributed by atoms with Crippen molar-refractivity contribution in [3.05, 3.63) is 0 Å². The molecule has 0 bridgehead atoms. The quantitative estimate of drug-likeness (QED) is 0.368. The predicted octanol–water partition coefficient (Wildman–Crippen LogP) is 4.88. The Hall–Kier alpha value is 0.137. The molecule has 0 fully saturated rings. The van der Waals surface area contributed by atoms with Crippen LogP contribution in [-0.2, 0) is 8.85 Å². The maximum Gasteiger partial charge on any atom is 0.337 e. The lowest BCUT2D eigenvalue weighted by molar-refractivity contribution is 0.192. The van der Waals surface area contributed by atoms with Gasteiger partial charge in [-0.05, 0) is 18.5 Å². The molecule has 0 aromatic heterocycles. The Morgan fingerprint density at radius 1 is 0.765 bits per heavy atom. The summed E-state index contributed by atoms with van der Waals surface area (Å²) in [5, 5.41) is 0. The molecule has 3 heteroatoms. The molecule has 104 valence electrons. The second kappa shape index (κ2) is 11.2. The summed E-state index contributed by atoms with van der Waals surface area (Å²) in [6.07, 6.45) is 8.69. The highest BCUT2D eigenvalue weighted by Gasteiger charge is 2.34. The molecule has 2 nitrogen and oxygen atoms in total. The Balaban J connectivity index is 4.12. The molecular formula is C14H32O2Si. The largest absolute Gasteiger partial charge is 0.398 e. The van der Waals surface area contributed by atoms with Gasteiger partial charge < -0.3 is 8.85 Å².